The largest absolute Gasteiger partial charge is 0.379 e. The zero-order valence-corrected chi connectivity index (χ0v) is 12.4. The summed E-state index contributed by atoms with van der Waals surface area (Å²) in [5, 5.41) is 6.41. The first-order chi connectivity index (χ1) is 9.81. The lowest BCUT2D eigenvalue weighted by Gasteiger charge is -2.21. The molecule has 20 heavy (non-hydrogen) atoms. The third-order valence-corrected chi connectivity index (χ3v) is 4.19. The highest BCUT2D eigenvalue weighted by Crippen LogP contribution is 2.32. The minimum Gasteiger partial charge on any atom is -0.379 e. The SMILES string of the molecule is CCCNC1COCCc2c1cc(C)c1ccccc21. The van der Waals surface area contributed by atoms with Crippen LogP contribution in [-0.4, -0.2) is 19.8 Å². The van der Waals surface area contributed by atoms with Crippen molar-refractivity contribution in [3.05, 3.63) is 47.0 Å². The van der Waals surface area contributed by atoms with Gasteiger partial charge >= 0.3 is 0 Å². The average molecular weight is 269 g/mol. The molecule has 2 aromatic carbocycles. The van der Waals surface area contributed by atoms with Gasteiger partial charge in [0, 0.05) is 0 Å². The molecule has 0 aromatic heterocycles. The second kappa shape index (κ2) is 5.94. The van der Waals surface area contributed by atoms with Gasteiger partial charge in [-0.15, -0.1) is 0 Å². The van der Waals surface area contributed by atoms with Crippen LogP contribution in [0.2, 0.25) is 0 Å². The molecule has 1 N–H and O–H groups in total. The molecule has 0 bridgehead atoms. The summed E-state index contributed by atoms with van der Waals surface area (Å²) in [6, 6.07) is 11.4. The third kappa shape index (κ3) is 2.46. The van der Waals surface area contributed by atoms with Crippen molar-refractivity contribution in [1.29, 1.82) is 0 Å². The van der Waals surface area contributed by atoms with Gasteiger partial charge in [0.2, 0.25) is 0 Å². The molecule has 1 unspecified atom stereocenters. The monoisotopic (exact) mass is 269 g/mol. The maximum atomic E-state index is 5.81. The van der Waals surface area contributed by atoms with Crippen molar-refractivity contribution in [3.8, 4) is 0 Å². The van der Waals surface area contributed by atoms with Crippen LogP contribution >= 0.6 is 0 Å². The molecule has 0 saturated heterocycles. The molecule has 3 rings (SSSR count). The van der Waals surface area contributed by atoms with Crippen LogP contribution in [0.5, 0.6) is 0 Å². The summed E-state index contributed by atoms with van der Waals surface area (Å²) in [6.07, 6.45) is 2.17. The molecule has 0 fully saturated rings. The quantitative estimate of drug-likeness (QED) is 0.916. The highest BCUT2D eigenvalue weighted by atomic mass is 16.5. The van der Waals surface area contributed by atoms with E-state index in [1.54, 1.807) is 0 Å². The Kier molecular flexibility index (Phi) is 4.04. The first kappa shape index (κ1) is 13.6. The van der Waals surface area contributed by atoms with Crippen molar-refractivity contribution in [1.82, 2.24) is 5.32 Å². The summed E-state index contributed by atoms with van der Waals surface area (Å²) in [5.74, 6) is 0. The van der Waals surface area contributed by atoms with E-state index >= 15 is 0 Å². The Labute approximate surface area is 121 Å². The number of rotatable bonds is 3. The Bertz CT molecular complexity index is 606. The fraction of sp³-hybridized carbons (Fsp3) is 0.444. The Hall–Kier alpha value is -1.38. The summed E-state index contributed by atoms with van der Waals surface area (Å²) in [7, 11) is 0. The number of benzene rings is 2. The Morgan fingerprint density at radius 3 is 2.85 bits per heavy atom. The second-order valence-electron chi connectivity index (χ2n) is 5.64. The lowest BCUT2D eigenvalue weighted by Crippen LogP contribution is -2.26. The molecular weight excluding hydrogens is 246 g/mol. The van der Waals surface area contributed by atoms with Gasteiger partial charge in [-0.25, -0.2) is 0 Å². The van der Waals surface area contributed by atoms with E-state index in [-0.39, 0.29) is 0 Å². The molecule has 2 aromatic rings. The van der Waals surface area contributed by atoms with Crippen molar-refractivity contribution in [2.45, 2.75) is 32.7 Å². The number of aryl methyl sites for hydroxylation is 1. The van der Waals surface area contributed by atoms with Crippen LogP contribution in [0.1, 0.15) is 36.1 Å². The average Bonchev–Trinajstić information content (AvgIpc) is 2.68. The highest BCUT2D eigenvalue weighted by Gasteiger charge is 2.21. The zero-order chi connectivity index (χ0) is 13.9. The fourth-order valence-electron chi connectivity index (χ4n) is 3.19. The number of fused-ring (bicyclic) bond motifs is 3. The van der Waals surface area contributed by atoms with Crippen LogP contribution in [0, 0.1) is 6.92 Å². The van der Waals surface area contributed by atoms with Gasteiger partial charge in [-0.1, -0.05) is 37.3 Å². The molecule has 0 saturated carbocycles. The van der Waals surface area contributed by atoms with E-state index in [0.717, 1.165) is 32.6 Å². The highest BCUT2D eigenvalue weighted by molar-refractivity contribution is 5.89. The summed E-state index contributed by atoms with van der Waals surface area (Å²) < 4.78 is 5.81. The van der Waals surface area contributed by atoms with E-state index in [0.29, 0.717) is 6.04 Å². The van der Waals surface area contributed by atoms with E-state index in [1.165, 1.54) is 27.5 Å². The van der Waals surface area contributed by atoms with Gasteiger partial charge in [-0.2, -0.15) is 0 Å². The van der Waals surface area contributed by atoms with E-state index in [4.69, 9.17) is 4.74 Å². The van der Waals surface area contributed by atoms with Crippen molar-refractivity contribution < 1.29 is 4.74 Å². The maximum absolute atomic E-state index is 5.81. The van der Waals surface area contributed by atoms with E-state index in [1.807, 2.05) is 0 Å². The van der Waals surface area contributed by atoms with Crippen LogP contribution in [0.25, 0.3) is 10.8 Å². The van der Waals surface area contributed by atoms with Gasteiger partial charge in [0.1, 0.15) is 0 Å². The molecule has 1 aliphatic rings. The predicted octanol–water partition coefficient (Wildman–Crippen LogP) is 3.76. The number of nitrogens with one attached hydrogen (secondary N) is 1. The van der Waals surface area contributed by atoms with Gasteiger partial charge in [-0.3, -0.25) is 0 Å². The van der Waals surface area contributed by atoms with Crippen molar-refractivity contribution in [2.24, 2.45) is 0 Å². The zero-order valence-electron chi connectivity index (χ0n) is 12.4. The smallest absolute Gasteiger partial charge is 0.0661 e. The normalized spacial score (nSPS) is 18.8. The third-order valence-electron chi connectivity index (χ3n) is 4.19. The van der Waals surface area contributed by atoms with E-state index < -0.39 is 0 Å². The maximum Gasteiger partial charge on any atom is 0.0661 e. The van der Waals surface area contributed by atoms with E-state index in [2.05, 4.69) is 49.5 Å². The molecule has 1 aliphatic heterocycles. The molecule has 1 atom stereocenters. The van der Waals surface area contributed by atoms with Crippen LogP contribution in [-0.2, 0) is 11.2 Å². The summed E-state index contributed by atoms with van der Waals surface area (Å²) >= 11 is 0. The topological polar surface area (TPSA) is 21.3 Å². The van der Waals surface area contributed by atoms with Crippen LogP contribution < -0.4 is 5.32 Å². The number of hydrogen-bond acceptors (Lipinski definition) is 2. The predicted molar refractivity (Wildman–Crippen MR) is 84.2 cm³/mol. The van der Waals surface area contributed by atoms with Gasteiger partial charge in [0.05, 0.1) is 19.3 Å². The first-order valence-electron chi connectivity index (χ1n) is 7.63. The summed E-state index contributed by atoms with van der Waals surface area (Å²) in [5.41, 5.74) is 4.27. The van der Waals surface area contributed by atoms with E-state index in [9.17, 15) is 0 Å². The molecular formula is C18H23NO. The second-order valence-corrected chi connectivity index (χ2v) is 5.64. The van der Waals surface area contributed by atoms with Gasteiger partial charge in [0.15, 0.2) is 0 Å². The van der Waals surface area contributed by atoms with Gasteiger partial charge in [-0.05, 0) is 53.8 Å². The van der Waals surface area contributed by atoms with Crippen molar-refractivity contribution in [3.63, 3.8) is 0 Å². The molecule has 0 radical (unpaired) electrons. The Morgan fingerprint density at radius 2 is 2.05 bits per heavy atom. The fourth-order valence-corrected chi connectivity index (χ4v) is 3.19. The first-order valence-corrected chi connectivity index (χ1v) is 7.63. The molecule has 106 valence electrons. The molecule has 0 spiro atoms. The summed E-state index contributed by atoms with van der Waals surface area (Å²) in [4.78, 5) is 0. The Morgan fingerprint density at radius 1 is 1.25 bits per heavy atom. The van der Waals surface area contributed by atoms with Crippen molar-refractivity contribution >= 4 is 10.8 Å². The van der Waals surface area contributed by atoms with Crippen LogP contribution in [0.4, 0.5) is 0 Å². The van der Waals surface area contributed by atoms with Crippen LogP contribution in [0.3, 0.4) is 0 Å². The molecule has 2 nitrogen and oxygen atoms in total. The lowest BCUT2D eigenvalue weighted by molar-refractivity contribution is 0.121. The van der Waals surface area contributed by atoms with Gasteiger partial charge < -0.3 is 10.1 Å². The lowest BCUT2D eigenvalue weighted by atomic mass is 9.90. The molecule has 0 aliphatic carbocycles. The number of hydrogen-bond donors (Lipinski definition) is 1. The minimum atomic E-state index is 0.329. The Balaban J connectivity index is 2.13. The van der Waals surface area contributed by atoms with Gasteiger partial charge in [0.25, 0.3) is 0 Å². The van der Waals surface area contributed by atoms with Crippen molar-refractivity contribution in [2.75, 3.05) is 19.8 Å². The summed E-state index contributed by atoms with van der Waals surface area (Å²) in [6.45, 7) is 7.07. The molecule has 1 heterocycles. The molecule has 2 heteroatoms. The molecule has 0 amide bonds. The standard InChI is InChI=1S/C18H23NO/c1-3-9-19-18-12-20-10-8-16-15-7-5-4-6-14(15)13(2)11-17(16)18/h4-7,11,18-19H,3,8-10,12H2,1-2H3. The minimum absolute atomic E-state index is 0.329. The van der Waals surface area contributed by atoms with Crippen LogP contribution in [0.15, 0.2) is 30.3 Å². The number of ether oxygens (including phenoxy) is 1.